The van der Waals surface area contributed by atoms with Crippen molar-refractivity contribution >= 4 is 0 Å². The maximum Gasteiger partial charge on any atom is 0.0518 e. The molecule has 0 rings (SSSR count). The molecular formula is C21H49NO. The first kappa shape index (κ1) is 27.8. The summed E-state index contributed by atoms with van der Waals surface area (Å²) in [5.74, 6) is 3.19. The van der Waals surface area contributed by atoms with Gasteiger partial charge in [0.05, 0.1) is 6.10 Å². The van der Waals surface area contributed by atoms with Gasteiger partial charge in [0.2, 0.25) is 0 Å². The number of rotatable bonds is 8. The van der Waals surface area contributed by atoms with E-state index in [0.717, 1.165) is 30.9 Å². The van der Waals surface area contributed by atoms with Crippen LogP contribution in [0, 0.1) is 23.7 Å². The molecule has 0 amide bonds. The van der Waals surface area contributed by atoms with Crippen LogP contribution < -0.4 is 5.32 Å². The Morgan fingerprint density at radius 3 is 1.13 bits per heavy atom. The molecular weight excluding hydrogens is 282 g/mol. The molecule has 0 saturated heterocycles. The molecule has 0 saturated carbocycles. The first-order valence-corrected chi connectivity index (χ1v) is 9.73. The van der Waals surface area contributed by atoms with Crippen LogP contribution in [0.1, 0.15) is 89.5 Å². The predicted octanol–water partition coefficient (Wildman–Crippen LogP) is 6.40. The summed E-state index contributed by atoms with van der Waals surface area (Å²) >= 11 is 0. The maximum absolute atomic E-state index is 5.30. The van der Waals surface area contributed by atoms with Crippen molar-refractivity contribution in [2.75, 3.05) is 13.2 Å². The highest BCUT2D eigenvalue weighted by Gasteiger charge is 1.96. The Balaban J connectivity index is -0.000000262. The van der Waals surface area contributed by atoms with E-state index in [0.29, 0.717) is 18.1 Å². The Hall–Kier alpha value is -0.0800. The van der Waals surface area contributed by atoms with Crippen molar-refractivity contribution in [2.45, 2.75) is 102 Å². The van der Waals surface area contributed by atoms with E-state index in [-0.39, 0.29) is 0 Å². The van der Waals surface area contributed by atoms with Crippen molar-refractivity contribution in [1.29, 1.82) is 0 Å². The van der Waals surface area contributed by atoms with Crippen molar-refractivity contribution < 1.29 is 4.74 Å². The minimum Gasteiger partial charge on any atom is -0.379 e. The molecule has 0 aromatic carbocycles. The van der Waals surface area contributed by atoms with Gasteiger partial charge in [0.25, 0.3) is 0 Å². The summed E-state index contributed by atoms with van der Waals surface area (Å²) in [6.07, 6.45) is 1.75. The summed E-state index contributed by atoms with van der Waals surface area (Å²) in [5, 5.41) is 3.34. The van der Waals surface area contributed by atoms with E-state index < -0.39 is 0 Å². The van der Waals surface area contributed by atoms with Crippen molar-refractivity contribution in [3.8, 4) is 0 Å². The molecule has 0 heterocycles. The molecule has 0 aromatic rings. The molecule has 0 radical (unpaired) electrons. The van der Waals surface area contributed by atoms with Crippen molar-refractivity contribution in [2.24, 2.45) is 23.7 Å². The molecule has 144 valence electrons. The lowest BCUT2D eigenvalue weighted by Gasteiger charge is -2.09. The van der Waals surface area contributed by atoms with E-state index in [4.69, 9.17) is 4.74 Å². The molecule has 0 aliphatic carbocycles. The average molecular weight is 332 g/mol. The Morgan fingerprint density at radius 1 is 0.609 bits per heavy atom. The lowest BCUT2D eigenvalue weighted by Crippen LogP contribution is -2.26. The highest BCUT2D eigenvalue weighted by atomic mass is 16.5. The minimum absolute atomic E-state index is 0.386. The highest BCUT2D eigenvalue weighted by molar-refractivity contribution is 4.54. The van der Waals surface area contributed by atoms with Crippen LogP contribution in [0.4, 0.5) is 0 Å². The molecule has 2 nitrogen and oxygen atoms in total. The number of hydrogen-bond acceptors (Lipinski definition) is 2. The van der Waals surface area contributed by atoms with E-state index in [1.54, 1.807) is 0 Å². The first-order valence-electron chi connectivity index (χ1n) is 9.73. The highest BCUT2D eigenvalue weighted by Crippen LogP contribution is 2.08. The fourth-order valence-electron chi connectivity index (χ4n) is 1.80. The van der Waals surface area contributed by atoms with Gasteiger partial charge in [0.1, 0.15) is 0 Å². The lowest BCUT2D eigenvalue weighted by atomic mass is 10.0. The van der Waals surface area contributed by atoms with Crippen molar-refractivity contribution in [3.63, 3.8) is 0 Å². The minimum atomic E-state index is 0.386. The second-order valence-electron chi connectivity index (χ2n) is 8.76. The summed E-state index contributed by atoms with van der Waals surface area (Å²) < 4.78 is 5.30. The number of hydrogen-bond donors (Lipinski definition) is 1. The van der Waals surface area contributed by atoms with Crippen molar-refractivity contribution in [3.05, 3.63) is 0 Å². The van der Waals surface area contributed by atoms with E-state index in [9.17, 15) is 0 Å². The standard InChI is InChI=1S/C7H17N.C7H16O.C7H16/c2*1-6(2)5-8-7(3)4;1-6(2)5-7(3)4/h6-8H,5H2,1-4H3;6-7H,5H2,1-4H3;6-7H,5H2,1-4H3. The Bertz CT molecular complexity index is 170. The van der Waals surface area contributed by atoms with Gasteiger partial charge < -0.3 is 10.1 Å². The van der Waals surface area contributed by atoms with Crippen LogP contribution in [0.15, 0.2) is 0 Å². The molecule has 0 aliphatic rings. The van der Waals surface area contributed by atoms with E-state index in [1.807, 2.05) is 0 Å². The van der Waals surface area contributed by atoms with Crippen molar-refractivity contribution in [1.82, 2.24) is 5.32 Å². The molecule has 0 atom stereocenters. The Kier molecular flexibility index (Phi) is 22.0. The third-order valence-electron chi connectivity index (χ3n) is 2.64. The lowest BCUT2D eigenvalue weighted by molar-refractivity contribution is 0.0593. The zero-order valence-electron chi connectivity index (χ0n) is 18.5. The second kappa shape index (κ2) is 18.3. The van der Waals surface area contributed by atoms with Gasteiger partial charge >= 0.3 is 0 Å². The molecule has 0 bridgehead atoms. The first-order chi connectivity index (χ1) is 10.4. The largest absolute Gasteiger partial charge is 0.379 e. The summed E-state index contributed by atoms with van der Waals surface area (Å²) in [6, 6.07) is 0.636. The van der Waals surface area contributed by atoms with Crippen LogP contribution in [0.3, 0.4) is 0 Å². The van der Waals surface area contributed by atoms with Crippen LogP contribution in [0.2, 0.25) is 0 Å². The van der Waals surface area contributed by atoms with Gasteiger partial charge in [-0.3, -0.25) is 0 Å². The zero-order valence-corrected chi connectivity index (χ0v) is 18.5. The quantitative estimate of drug-likeness (QED) is 0.556. The fourth-order valence-corrected chi connectivity index (χ4v) is 1.80. The van der Waals surface area contributed by atoms with E-state index >= 15 is 0 Å². The Morgan fingerprint density at radius 2 is 1.04 bits per heavy atom. The van der Waals surface area contributed by atoms with Crippen LogP contribution in [-0.4, -0.2) is 25.3 Å². The normalized spacial score (nSPS) is 11.2. The zero-order chi connectivity index (χ0) is 19.0. The van der Waals surface area contributed by atoms with Gasteiger partial charge in [0.15, 0.2) is 0 Å². The summed E-state index contributed by atoms with van der Waals surface area (Å²) in [4.78, 5) is 0. The monoisotopic (exact) mass is 331 g/mol. The third kappa shape index (κ3) is 44.9. The molecule has 0 fully saturated rings. The summed E-state index contributed by atoms with van der Waals surface area (Å²) in [5.41, 5.74) is 0. The number of nitrogens with one attached hydrogen (secondary N) is 1. The summed E-state index contributed by atoms with van der Waals surface area (Å²) in [6.45, 7) is 28.3. The van der Waals surface area contributed by atoms with Gasteiger partial charge in [-0.2, -0.15) is 0 Å². The van der Waals surface area contributed by atoms with E-state index in [2.05, 4.69) is 88.4 Å². The van der Waals surface area contributed by atoms with Gasteiger partial charge in [0, 0.05) is 12.6 Å². The molecule has 0 aliphatic heterocycles. The molecule has 0 unspecified atom stereocenters. The predicted molar refractivity (Wildman–Crippen MR) is 108 cm³/mol. The molecule has 2 heteroatoms. The molecule has 0 aromatic heterocycles. The van der Waals surface area contributed by atoms with Gasteiger partial charge in [-0.25, -0.2) is 0 Å². The van der Waals surface area contributed by atoms with Crippen LogP contribution in [0.25, 0.3) is 0 Å². The molecule has 0 spiro atoms. The van der Waals surface area contributed by atoms with Gasteiger partial charge in [-0.15, -0.1) is 0 Å². The van der Waals surface area contributed by atoms with E-state index in [1.165, 1.54) is 6.42 Å². The SMILES string of the molecule is CC(C)CC(C)C.CC(C)CNC(C)C.CC(C)COC(C)C. The van der Waals surface area contributed by atoms with Crippen LogP contribution in [0.5, 0.6) is 0 Å². The van der Waals surface area contributed by atoms with Crippen LogP contribution in [-0.2, 0) is 4.74 Å². The Labute approximate surface area is 149 Å². The number of ether oxygens (including phenoxy) is 1. The molecule has 1 N–H and O–H groups in total. The average Bonchev–Trinajstić information content (AvgIpc) is 2.33. The smallest absolute Gasteiger partial charge is 0.0518 e. The van der Waals surface area contributed by atoms with Gasteiger partial charge in [-0.05, 0) is 50.5 Å². The topological polar surface area (TPSA) is 21.3 Å². The third-order valence-corrected chi connectivity index (χ3v) is 2.64. The fraction of sp³-hybridized carbons (Fsp3) is 1.00. The molecule has 23 heavy (non-hydrogen) atoms. The second-order valence-corrected chi connectivity index (χ2v) is 8.76. The van der Waals surface area contributed by atoms with Crippen LogP contribution >= 0.6 is 0 Å². The summed E-state index contributed by atoms with van der Waals surface area (Å²) in [7, 11) is 0. The van der Waals surface area contributed by atoms with Gasteiger partial charge in [-0.1, -0.05) is 69.2 Å². The maximum atomic E-state index is 5.30.